The molecule has 0 aliphatic heterocycles. The van der Waals surface area contributed by atoms with E-state index < -0.39 is 0 Å². The summed E-state index contributed by atoms with van der Waals surface area (Å²) < 4.78 is 1.80. The number of anilines is 1. The zero-order valence-corrected chi connectivity index (χ0v) is 11.1. The number of nitrogens with zero attached hydrogens (tertiary/aromatic N) is 3. The Kier molecular flexibility index (Phi) is 3.38. The topological polar surface area (TPSA) is 56.7 Å². The van der Waals surface area contributed by atoms with E-state index in [1.54, 1.807) is 16.3 Å². The maximum absolute atomic E-state index is 5.65. The number of benzene rings is 1. The van der Waals surface area contributed by atoms with Gasteiger partial charge in [-0.15, -0.1) is 10.2 Å². The van der Waals surface area contributed by atoms with Gasteiger partial charge < -0.3 is 5.73 Å². The van der Waals surface area contributed by atoms with Crippen LogP contribution in [0.2, 0.25) is 0 Å². The van der Waals surface area contributed by atoms with E-state index >= 15 is 0 Å². The maximum Gasteiger partial charge on any atom is 0.222 e. The number of thioether (sulfide) groups is 1. The molecule has 0 atom stereocenters. The van der Waals surface area contributed by atoms with E-state index in [1.807, 2.05) is 7.05 Å². The first-order chi connectivity index (χ1) is 8.09. The minimum Gasteiger partial charge on any atom is -0.368 e. The smallest absolute Gasteiger partial charge is 0.222 e. The highest BCUT2D eigenvalue weighted by Gasteiger charge is 2.08. The Morgan fingerprint density at radius 2 is 1.88 bits per heavy atom. The van der Waals surface area contributed by atoms with Gasteiger partial charge in [0, 0.05) is 12.8 Å². The molecule has 0 saturated heterocycles. The normalized spacial score (nSPS) is 10.8. The van der Waals surface area contributed by atoms with E-state index in [-0.39, 0.29) is 0 Å². The molecule has 1 aromatic carbocycles. The van der Waals surface area contributed by atoms with E-state index in [2.05, 4.69) is 42.2 Å². The number of hydrogen-bond donors (Lipinski definition) is 1. The average Bonchev–Trinajstić information content (AvgIpc) is 2.60. The Hall–Kier alpha value is -1.49. The van der Waals surface area contributed by atoms with Crippen LogP contribution in [-0.2, 0) is 12.8 Å². The summed E-state index contributed by atoms with van der Waals surface area (Å²) in [6.07, 6.45) is 0. The van der Waals surface area contributed by atoms with Crippen molar-refractivity contribution < 1.29 is 0 Å². The summed E-state index contributed by atoms with van der Waals surface area (Å²) in [7, 11) is 1.88. The van der Waals surface area contributed by atoms with Gasteiger partial charge in [0.05, 0.1) is 0 Å². The fourth-order valence-electron chi connectivity index (χ4n) is 1.67. The highest BCUT2D eigenvalue weighted by atomic mass is 32.2. The van der Waals surface area contributed by atoms with Gasteiger partial charge in [-0.1, -0.05) is 30.0 Å². The van der Waals surface area contributed by atoms with Gasteiger partial charge in [0.25, 0.3) is 0 Å². The van der Waals surface area contributed by atoms with Gasteiger partial charge in [-0.05, 0) is 30.5 Å². The Labute approximate surface area is 105 Å². The van der Waals surface area contributed by atoms with Crippen molar-refractivity contribution >= 4 is 17.7 Å². The van der Waals surface area contributed by atoms with Crippen molar-refractivity contribution in [3.63, 3.8) is 0 Å². The first-order valence-electron chi connectivity index (χ1n) is 5.42. The Bertz CT molecular complexity index is 513. The van der Waals surface area contributed by atoms with Gasteiger partial charge in [-0.25, -0.2) is 0 Å². The molecule has 2 N–H and O–H groups in total. The quantitative estimate of drug-likeness (QED) is 0.847. The minimum absolute atomic E-state index is 0.453. The molecular weight excluding hydrogens is 232 g/mol. The number of nitrogen functional groups attached to an aromatic ring is 1. The third-order valence-electron chi connectivity index (χ3n) is 2.86. The van der Waals surface area contributed by atoms with Crippen LogP contribution < -0.4 is 5.73 Å². The van der Waals surface area contributed by atoms with E-state index in [9.17, 15) is 0 Å². The van der Waals surface area contributed by atoms with Crippen molar-refractivity contribution in [1.82, 2.24) is 14.8 Å². The van der Waals surface area contributed by atoms with Crippen molar-refractivity contribution in [1.29, 1.82) is 0 Å². The average molecular weight is 248 g/mol. The second kappa shape index (κ2) is 4.79. The lowest BCUT2D eigenvalue weighted by Crippen LogP contribution is -1.98. The predicted molar refractivity (Wildman–Crippen MR) is 70.9 cm³/mol. The Balaban J connectivity index is 2.15. The Morgan fingerprint density at radius 1 is 1.24 bits per heavy atom. The third-order valence-corrected chi connectivity index (χ3v) is 3.91. The van der Waals surface area contributed by atoms with E-state index in [1.165, 1.54) is 16.7 Å². The number of aromatic nitrogens is 3. The van der Waals surface area contributed by atoms with Crippen molar-refractivity contribution in [2.75, 3.05) is 5.73 Å². The molecule has 0 aliphatic carbocycles. The molecule has 0 spiro atoms. The minimum atomic E-state index is 0.453. The highest BCUT2D eigenvalue weighted by molar-refractivity contribution is 7.98. The van der Waals surface area contributed by atoms with Crippen LogP contribution in [0.3, 0.4) is 0 Å². The molecule has 0 unspecified atom stereocenters. The van der Waals surface area contributed by atoms with Crippen molar-refractivity contribution in [3.05, 3.63) is 34.9 Å². The summed E-state index contributed by atoms with van der Waals surface area (Å²) in [5.74, 6) is 1.35. The summed E-state index contributed by atoms with van der Waals surface area (Å²) in [5.41, 5.74) is 9.63. The molecule has 1 aromatic heterocycles. The molecule has 0 radical (unpaired) electrons. The number of nitrogens with two attached hydrogens (primary N) is 1. The van der Waals surface area contributed by atoms with Crippen LogP contribution in [0.1, 0.15) is 16.7 Å². The third kappa shape index (κ3) is 2.44. The molecule has 0 bridgehead atoms. The molecule has 0 aliphatic rings. The lowest BCUT2D eigenvalue weighted by molar-refractivity contribution is 0.795. The van der Waals surface area contributed by atoms with Gasteiger partial charge >= 0.3 is 0 Å². The van der Waals surface area contributed by atoms with Crippen LogP contribution in [0.15, 0.2) is 23.4 Å². The molecule has 5 heteroatoms. The first-order valence-corrected chi connectivity index (χ1v) is 6.41. The van der Waals surface area contributed by atoms with E-state index in [0.29, 0.717) is 5.95 Å². The van der Waals surface area contributed by atoms with Gasteiger partial charge in [-0.2, -0.15) is 0 Å². The SMILES string of the molecule is Cc1cccc(C)c1CSc1nnc(N)n1C. The second-order valence-electron chi connectivity index (χ2n) is 4.06. The molecule has 0 saturated carbocycles. The van der Waals surface area contributed by atoms with E-state index in [0.717, 1.165) is 10.9 Å². The van der Waals surface area contributed by atoms with E-state index in [4.69, 9.17) is 5.73 Å². The maximum atomic E-state index is 5.65. The zero-order valence-electron chi connectivity index (χ0n) is 10.3. The molecule has 90 valence electrons. The van der Waals surface area contributed by atoms with Crippen molar-refractivity contribution in [3.8, 4) is 0 Å². The van der Waals surface area contributed by atoms with Crippen molar-refractivity contribution in [2.24, 2.45) is 7.05 Å². The number of rotatable bonds is 3. The van der Waals surface area contributed by atoms with Gasteiger partial charge in [0.15, 0.2) is 5.16 Å². The van der Waals surface area contributed by atoms with Crippen LogP contribution in [0, 0.1) is 13.8 Å². The summed E-state index contributed by atoms with van der Waals surface area (Å²) in [5, 5.41) is 8.74. The molecule has 2 aromatic rings. The molecule has 0 fully saturated rings. The fourth-order valence-corrected chi connectivity index (χ4v) is 2.78. The first kappa shape index (κ1) is 12.0. The number of hydrogen-bond acceptors (Lipinski definition) is 4. The zero-order chi connectivity index (χ0) is 12.4. The Morgan fingerprint density at radius 3 is 2.41 bits per heavy atom. The summed E-state index contributed by atoms with van der Waals surface area (Å²) >= 11 is 1.66. The summed E-state index contributed by atoms with van der Waals surface area (Å²) in [6, 6.07) is 6.35. The second-order valence-corrected chi connectivity index (χ2v) is 5.00. The standard InChI is InChI=1S/C12H16N4S/c1-8-5-4-6-9(2)10(8)7-17-12-15-14-11(13)16(12)3/h4-6H,7H2,1-3H3,(H2,13,14). The summed E-state index contributed by atoms with van der Waals surface area (Å²) in [6.45, 7) is 4.27. The van der Waals surface area contributed by atoms with Crippen LogP contribution in [0.4, 0.5) is 5.95 Å². The largest absolute Gasteiger partial charge is 0.368 e. The molecule has 17 heavy (non-hydrogen) atoms. The van der Waals surface area contributed by atoms with Crippen LogP contribution in [0.25, 0.3) is 0 Å². The monoisotopic (exact) mass is 248 g/mol. The van der Waals surface area contributed by atoms with Crippen LogP contribution >= 0.6 is 11.8 Å². The molecule has 1 heterocycles. The lowest BCUT2D eigenvalue weighted by atomic mass is 10.1. The molecule has 2 rings (SSSR count). The van der Waals surface area contributed by atoms with Crippen LogP contribution in [0.5, 0.6) is 0 Å². The summed E-state index contributed by atoms with van der Waals surface area (Å²) in [4.78, 5) is 0. The molecular formula is C12H16N4S. The van der Waals surface area contributed by atoms with Gasteiger partial charge in [0.2, 0.25) is 5.95 Å². The van der Waals surface area contributed by atoms with Gasteiger partial charge in [0.1, 0.15) is 0 Å². The number of aryl methyl sites for hydroxylation is 2. The predicted octanol–water partition coefficient (Wildman–Crippen LogP) is 2.31. The molecule has 4 nitrogen and oxygen atoms in total. The van der Waals surface area contributed by atoms with Crippen molar-refractivity contribution in [2.45, 2.75) is 24.8 Å². The lowest BCUT2D eigenvalue weighted by Gasteiger charge is -2.08. The molecule has 0 amide bonds. The van der Waals surface area contributed by atoms with Gasteiger partial charge in [-0.3, -0.25) is 4.57 Å². The highest BCUT2D eigenvalue weighted by Crippen LogP contribution is 2.25. The fraction of sp³-hybridized carbons (Fsp3) is 0.333. The van der Waals surface area contributed by atoms with Crippen LogP contribution in [-0.4, -0.2) is 14.8 Å².